The molecule has 1 aromatic carbocycles. The summed E-state index contributed by atoms with van der Waals surface area (Å²) in [5, 5.41) is 6.80. The molecule has 2 rings (SSSR count). The predicted octanol–water partition coefficient (Wildman–Crippen LogP) is 1.25. The van der Waals surface area contributed by atoms with Crippen LogP contribution in [0.25, 0.3) is 0 Å². The molecule has 4 nitrogen and oxygen atoms in total. The number of carbonyl (C=O) groups is 1. The first kappa shape index (κ1) is 13.2. The molecule has 0 saturated carbocycles. The highest BCUT2D eigenvalue weighted by molar-refractivity contribution is 6.33. The van der Waals surface area contributed by atoms with Gasteiger partial charge in [-0.15, -0.1) is 0 Å². The summed E-state index contributed by atoms with van der Waals surface area (Å²) in [5.41, 5.74) is 0.934. The van der Waals surface area contributed by atoms with Crippen LogP contribution in [0.15, 0.2) is 24.3 Å². The molecule has 0 aliphatic carbocycles. The minimum Gasteiger partial charge on any atom is -0.359 e. The molecule has 1 unspecified atom stereocenters. The molecule has 98 valence electrons. The lowest BCUT2D eigenvalue weighted by Crippen LogP contribution is -2.54. The highest BCUT2D eigenvalue weighted by Gasteiger charge is 2.25. The molecule has 0 bridgehead atoms. The van der Waals surface area contributed by atoms with Crippen LogP contribution in [0, 0.1) is 0 Å². The van der Waals surface area contributed by atoms with Crippen molar-refractivity contribution in [2.24, 2.45) is 0 Å². The van der Waals surface area contributed by atoms with Crippen molar-refractivity contribution in [3.8, 4) is 0 Å². The summed E-state index contributed by atoms with van der Waals surface area (Å²) in [6, 6.07) is 7.82. The Kier molecular flexibility index (Phi) is 4.44. The van der Waals surface area contributed by atoms with Crippen LogP contribution in [0.5, 0.6) is 0 Å². The first-order chi connectivity index (χ1) is 8.70. The second kappa shape index (κ2) is 6.07. The van der Waals surface area contributed by atoms with Gasteiger partial charge in [-0.2, -0.15) is 0 Å². The standard InChI is InChI=1S/C13H18ClN3O/c1-15-7-6-10-8-17(9-13(18)16-10)12-5-3-2-4-11(12)14/h2-5,10,15H,6-9H2,1H3,(H,16,18). The van der Waals surface area contributed by atoms with E-state index in [-0.39, 0.29) is 11.9 Å². The second-order valence-electron chi connectivity index (χ2n) is 4.49. The molecule has 1 aliphatic heterocycles. The summed E-state index contributed by atoms with van der Waals surface area (Å²) in [6.07, 6.45) is 0.920. The van der Waals surface area contributed by atoms with Crippen LogP contribution in [-0.4, -0.2) is 38.6 Å². The van der Waals surface area contributed by atoms with Crippen LogP contribution in [0.3, 0.4) is 0 Å². The first-order valence-electron chi connectivity index (χ1n) is 6.14. The Morgan fingerprint density at radius 1 is 1.50 bits per heavy atom. The molecule has 0 aromatic heterocycles. The Morgan fingerprint density at radius 3 is 3.00 bits per heavy atom. The predicted molar refractivity (Wildman–Crippen MR) is 74.1 cm³/mol. The van der Waals surface area contributed by atoms with E-state index in [0.717, 1.165) is 25.2 Å². The maximum absolute atomic E-state index is 11.7. The molecule has 1 heterocycles. The van der Waals surface area contributed by atoms with Gasteiger partial charge in [-0.1, -0.05) is 23.7 Å². The molecular formula is C13H18ClN3O. The van der Waals surface area contributed by atoms with Gasteiger partial charge in [-0.05, 0) is 32.1 Å². The molecule has 1 amide bonds. The SMILES string of the molecule is CNCCC1CN(c2ccccc2Cl)CC(=O)N1. The second-order valence-corrected chi connectivity index (χ2v) is 4.90. The lowest BCUT2D eigenvalue weighted by atomic mass is 10.1. The van der Waals surface area contributed by atoms with Crippen LogP contribution >= 0.6 is 11.6 Å². The number of amides is 1. The van der Waals surface area contributed by atoms with Crippen molar-refractivity contribution in [1.82, 2.24) is 10.6 Å². The van der Waals surface area contributed by atoms with Crippen molar-refractivity contribution >= 4 is 23.2 Å². The number of carbonyl (C=O) groups excluding carboxylic acids is 1. The normalized spacial score (nSPS) is 19.8. The number of hydrogen-bond acceptors (Lipinski definition) is 3. The first-order valence-corrected chi connectivity index (χ1v) is 6.52. The van der Waals surface area contributed by atoms with E-state index in [2.05, 4.69) is 10.6 Å². The largest absolute Gasteiger partial charge is 0.359 e. The molecule has 1 fully saturated rings. The molecule has 1 aliphatic rings. The molecule has 0 spiro atoms. The van der Waals surface area contributed by atoms with E-state index in [0.29, 0.717) is 11.6 Å². The van der Waals surface area contributed by atoms with Gasteiger partial charge in [0.05, 0.1) is 17.3 Å². The van der Waals surface area contributed by atoms with Gasteiger partial charge in [0.2, 0.25) is 5.91 Å². The number of nitrogens with one attached hydrogen (secondary N) is 2. The third-order valence-electron chi connectivity index (χ3n) is 3.08. The quantitative estimate of drug-likeness (QED) is 0.863. The van der Waals surface area contributed by atoms with Crippen molar-refractivity contribution in [3.05, 3.63) is 29.3 Å². The third kappa shape index (κ3) is 3.15. The number of halogens is 1. The van der Waals surface area contributed by atoms with Crippen LogP contribution in [0.4, 0.5) is 5.69 Å². The lowest BCUT2D eigenvalue weighted by Gasteiger charge is -2.35. The van der Waals surface area contributed by atoms with Gasteiger partial charge >= 0.3 is 0 Å². The van der Waals surface area contributed by atoms with E-state index in [1.54, 1.807) is 0 Å². The number of para-hydroxylation sites is 1. The highest BCUT2D eigenvalue weighted by Crippen LogP contribution is 2.26. The van der Waals surface area contributed by atoms with E-state index in [1.807, 2.05) is 36.2 Å². The fraction of sp³-hybridized carbons (Fsp3) is 0.462. The van der Waals surface area contributed by atoms with Gasteiger partial charge < -0.3 is 15.5 Å². The Bertz CT molecular complexity index is 424. The number of hydrogen-bond donors (Lipinski definition) is 2. The minimum absolute atomic E-state index is 0.0577. The molecule has 18 heavy (non-hydrogen) atoms. The molecule has 1 atom stereocenters. The van der Waals surface area contributed by atoms with Crippen molar-refractivity contribution in [3.63, 3.8) is 0 Å². The summed E-state index contributed by atoms with van der Waals surface area (Å²) < 4.78 is 0. The summed E-state index contributed by atoms with van der Waals surface area (Å²) in [6.45, 7) is 2.07. The average Bonchev–Trinajstić information content (AvgIpc) is 2.36. The molecule has 1 saturated heterocycles. The van der Waals surface area contributed by atoms with Gasteiger partial charge in [0.25, 0.3) is 0 Å². The zero-order chi connectivity index (χ0) is 13.0. The van der Waals surface area contributed by atoms with E-state index in [1.165, 1.54) is 0 Å². The van der Waals surface area contributed by atoms with Crippen molar-refractivity contribution in [1.29, 1.82) is 0 Å². The van der Waals surface area contributed by atoms with Crippen molar-refractivity contribution in [2.75, 3.05) is 31.6 Å². The minimum atomic E-state index is 0.0577. The van der Waals surface area contributed by atoms with Crippen molar-refractivity contribution in [2.45, 2.75) is 12.5 Å². The maximum Gasteiger partial charge on any atom is 0.239 e. The Balaban J connectivity index is 2.09. The van der Waals surface area contributed by atoms with E-state index < -0.39 is 0 Å². The fourth-order valence-corrected chi connectivity index (χ4v) is 2.45. The van der Waals surface area contributed by atoms with Crippen molar-refractivity contribution < 1.29 is 4.79 Å². The summed E-state index contributed by atoms with van der Waals surface area (Å²) in [5.74, 6) is 0.0577. The molecule has 1 aromatic rings. The van der Waals surface area contributed by atoms with Gasteiger partial charge in [-0.3, -0.25) is 4.79 Å². The Morgan fingerprint density at radius 2 is 2.28 bits per heavy atom. The fourth-order valence-electron chi connectivity index (χ4n) is 2.20. The zero-order valence-corrected chi connectivity index (χ0v) is 11.2. The number of rotatable bonds is 4. The van der Waals surface area contributed by atoms with Crippen LogP contribution < -0.4 is 15.5 Å². The monoisotopic (exact) mass is 267 g/mol. The van der Waals surface area contributed by atoms with Crippen LogP contribution in [0.1, 0.15) is 6.42 Å². The number of nitrogens with zero attached hydrogens (tertiary/aromatic N) is 1. The topological polar surface area (TPSA) is 44.4 Å². The molecule has 0 radical (unpaired) electrons. The Hall–Kier alpha value is -1.26. The number of piperazine rings is 1. The zero-order valence-electron chi connectivity index (χ0n) is 10.4. The van der Waals surface area contributed by atoms with Gasteiger partial charge in [0.15, 0.2) is 0 Å². The lowest BCUT2D eigenvalue weighted by molar-refractivity contribution is -0.121. The van der Waals surface area contributed by atoms with E-state index >= 15 is 0 Å². The van der Waals surface area contributed by atoms with Gasteiger partial charge in [0.1, 0.15) is 0 Å². The highest BCUT2D eigenvalue weighted by atomic mass is 35.5. The van der Waals surface area contributed by atoms with E-state index in [9.17, 15) is 4.79 Å². The van der Waals surface area contributed by atoms with E-state index in [4.69, 9.17) is 11.6 Å². The summed E-state index contributed by atoms with van der Waals surface area (Å²) >= 11 is 6.17. The number of anilines is 1. The van der Waals surface area contributed by atoms with Gasteiger partial charge in [-0.25, -0.2) is 0 Å². The van der Waals surface area contributed by atoms with Gasteiger partial charge in [0, 0.05) is 12.6 Å². The van der Waals surface area contributed by atoms with Crippen LogP contribution in [0.2, 0.25) is 5.02 Å². The molecular weight excluding hydrogens is 250 g/mol. The molecule has 5 heteroatoms. The average molecular weight is 268 g/mol. The summed E-state index contributed by atoms with van der Waals surface area (Å²) in [4.78, 5) is 13.8. The third-order valence-corrected chi connectivity index (χ3v) is 3.40. The summed E-state index contributed by atoms with van der Waals surface area (Å²) in [7, 11) is 1.91. The maximum atomic E-state index is 11.7. The molecule has 2 N–H and O–H groups in total. The number of benzene rings is 1. The smallest absolute Gasteiger partial charge is 0.239 e. The Labute approximate surface area is 112 Å². The van der Waals surface area contributed by atoms with Crippen LogP contribution in [-0.2, 0) is 4.79 Å².